The molecule has 92 valence electrons. The van der Waals surface area contributed by atoms with Gasteiger partial charge < -0.3 is 15.3 Å². The molecule has 0 aliphatic carbocycles. The summed E-state index contributed by atoms with van der Waals surface area (Å²) < 4.78 is 29.8. The zero-order valence-electron chi connectivity index (χ0n) is 7.29. The van der Waals surface area contributed by atoms with Crippen LogP contribution < -0.4 is 0 Å². The number of alkyl halides is 1. The third-order valence-corrected chi connectivity index (χ3v) is 0. The van der Waals surface area contributed by atoms with Gasteiger partial charge >= 0.3 is 18.7 Å². The van der Waals surface area contributed by atoms with Gasteiger partial charge in [-0.2, -0.15) is 0 Å². The first-order valence-electron chi connectivity index (χ1n) is 2.82. The Balaban J connectivity index is -0.0000000542. The van der Waals surface area contributed by atoms with Crippen molar-refractivity contribution in [3.63, 3.8) is 0 Å². The highest BCUT2D eigenvalue weighted by atomic mass is 35.5. The number of hydrogen-bond donors (Lipinski definition) is 3. The quantitative estimate of drug-likeness (QED) is 0.453. The van der Waals surface area contributed by atoms with Crippen LogP contribution in [0, 0.1) is 0 Å². The van der Waals surface area contributed by atoms with Gasteiger partial charge in [0.2, 0.25) is 0 Å². The molecule has 0 bridgehead atoms. The van der Waals surface area contributed by atoms with Crippen molar-refractivity contribution in [3.05, 3.63) is 0 Å². The Kier molecular flexibility index (Phi) is 35.6. The Bertz CT molecular complexity index is 136. The first kappa shape index (κ1) is 23.4. The summed E-state index contributed by atoms with van der Waals surface area (Å²) in [5.74, 6) is 0.722. The third kappa shape index (κ3) is 603. The highest BCUT2D eigenvalue weighted by molar-refractivity contribution is 6.17. The van der Waals surface area contributed by atoms with Crippen molar-refractivity contribution >= 4 is 30.3 Å². The summed E-state index contributed by atoms with van der Waals surface area (Å²) in [5, 5.41) is 20.2. The lowest BCUT2D eigenvalue weighted by atomic mass is 11.0. The van der Waals surface area contributed by atoms with Crippen LogP contribution in [0.4, 0.5) is 27.6 Å². The van der Waals surface area contributed by atoms with Crippen LogP contribution in [-0.4, -0.2) is 39.9 Å². The van der Waals surface area contributed by atoms with Crippen molar-refractivity contribution < 1.29 is 42.9 Å². The number of carbonyl (C=O) groups is 3. The summed E-state index contributed by atoms with van der Waals surface area (Å²) in [4.78, 5) is 25.0. The van der Waals surface area contributed by atoms with Crippen LogP contribution in [0.25, 0.3) is 0 Å². The Morgan fingerprint density at radius 3 is 0.933 bits per heavy atom. The van der Waals surface area contributed by atoms with E-state index in [-0.39, 0.29) is 0 Å². The highest BCUT2D eigenvalue weighted by Crippen LogP contribution is 1.60. The molecule has 0 unspecified atom stereocenters. The summed E-state index contributed by atoms with van der Waals surface area (Å²) in [5.41, 5.74) is 0. The van der Waals surface area contributed by atoms with E-state index in [1.807, 2.05) is 6.92 Å². The lowest BCUT2D eigenvalue weighted by molar-refractivity contribution is 0.167. The van der Waals surface area contributed by atoms with Gasteiger partial charge in [-0.25, -0.2) is 14.4 Å². The molecule has 0 aromatic heterocycles. The molecule has 0 fully saturated rings. The smallest absolute Gasteiger partial charge is 0.456 e. The number of rotatable bonds is 0. The highest BCUT2D eigenvalue weighted by Gasteiger charge is 1.75. The minimum Gasteiger partial charge on any atom is -0.456 e. The van der Waals surface area contributed by atoms with E-state index in [1.165, 1.54) is 0 Å². The van der Waals surface area contributed by atoms with E-state index in [1.54, 1.807) is 0 Å². The average Bonchev–Trinajstić information content (AvgIpc) is 1.81. The number of halogens is 4. The molecule has 0 aliphatic heterocycles. The first-order chi connectivity index (χ1) is 6.61. The van der Waals surface area contributed by atoms with Gasteiger partial charge in [0, 0.05) is 5.88 Å². The molecular weight excluding hydrogens is 248 g/mol. The summed E-state index contributed by atoms with van der Waals surface area (Å²) in [7, 11) is 0. The maximum absolute atomic E-state index is 9.92. The maximum Gasteiger partial charge on any atom is 0.492 e. The van der Waals surface area contributed by atoms with Crippen molar-refractivity contribution in [3.8, 4) is 0 Å². The summed E-state index contributed by atoms with van der Waals surface area (Å²) in [6.45, 7) is 1.89. The molecule has 0 radical (unpaired) electrons. The second-order valence-corrected chi connectivity index (χ2v) is 1.56. The van der Waals surface area contributed by atoms with Gasteiger partial charge in [0.1, 0.15) is 0 Å². The predicted molar refractivity (Wildman–Crippen MR) is 43.8 cm³/mol. The van der Waals surface area contributed by atoms with Crippen molar-refractivity contribution in [2.75, 3.05) is 5.88 Å². The van der Waals surface area contributed by atoms with Gasteiger partial charge in [-0.15, -0.1) is 24.8 Å². The van der Waals surface area contributed by atoms with Crippen LogP contribution >= 0.6 is 11.6 Å². The van der Waals surface area contributed by atoms with E-state index in [2.05, 4.69) is 0 Å². The molecule has 0 rings (SSSR count). The molecule has 0 aromatic rings. The monoisotopic (exact) mass is 256 g/mol. The van der Waals surface area contributed by atoms with Crippen molar-refractivity contribution in [1.29, 1.82) is 0 Å². The molecule has 0 spiro atoms. The van der Waals surface area contributed by atoms with Crippen molar-refractivity contribution in [2.24, 2.45) is 0 Å². The van der Waals surface area contributed by atoms with Gasteiger partial charge in [-0.3, -0.25) is 0 Å². The molecule has 3 N–H and O–H groups in total. The largest absolute Gasteiger partial charge is 0.492 e. The fraction of sp³-hybridized carbons (Fsp3) is 0.400. The Hall–Kier alpha value is -1.51. The molecule has 0 amide bonds. The zero-order chi connectivity index (χ0) is 13.4. The van der Waals surface area contributed by atoms with Crippen LogP contribution in [0.5, 0.6) is 0 Å². The molecule has 15 heavy (non-hydrogen) atoms. The molecule has 0 saturated carbocycles. The van der Waals surface area contributed by atoms with Crippen LogP contribution in [0.15, 0.2) is 0 Å². The first-order valence-corrected chi connectivity index (χ1v) is 3.36. The summed E-state index contributed by atoms with van der Waals surface area (Å²) in [6, 6.07) is 0. The Labute approximate surface area is 86.9 Å². The van der Waals surface area contributed by atoms with Gasteiger partial charge in [0.15, 0.2) is 0 Å². The topological polar surface area (TPSA) is 112 Å². The minimum atomic E-state index is -2.33. The van der Waals surface area contributed by atoms with E-state index in [0.717, 1.165) is 5.88 Å². The molecule has 10 heteroatoms. The van der Waals surface area contributed by atoms with Gasteiger partial charge in [-0.05, 0) is 0 Å². The standard InChI is InChI=1S/C2H5Cl.3CHFO2/c1-2-3;3*2-1(3)4/h2H2,1H3;3*(H,3,4). The molecule has 0 saturated heterocycles. The Morgan fingerprint density at radius 1 is 0.933 bits per heavy atom. The van der Waals surface area contributed by atoms with E-state index < -0.39 is 18.7 Å². The van der Waals surface area contributed by atoms with Crippen LogP contribution in [0.1, 0.15) is 6.92 Å². The van der Waals surface area contributed by atoms with Gasteiger partial charge in [-0.1, -0.05) is 6.92 Å². The predicted octanol–water partition coefficient (Wildman–Crippen LogP) is 3.15. The number of carboxylic acid groups (broad SMARTS) is 3. The van der Waals surface area contributed by atoms with E-state index in [0.29, 0.717) is 0 Å². The molecule has 0 aliphatic rings. The normalized spacial score (nSPS) is 6.20. The molecule has 0 atom stereocenters. The third-order valence-electron chi connectivity index (χ3n) is 0. The summed E-state index contributed by atoms with van der Waals surface area (Å²) >= 11 is 5.00. The Morgan fingerprint density at radius 2 is 0.933 bits per heavy atom. The zero-order valence-corrected chi connectivity index (χ0v) is 8.04. The second-order valence-electron chi connectivity index (χ2n) is 1.03. The minimum absolute atomic E-state index is 0.722. The lowest BCUT2D eigenvalue weighted by Gasteiger charge is -1.53. The summed E-state index contributed by atoms with van der Waals surface area (Å²) in [6.07, 6.45) is -7.00. The number of hydrogen-bond acceptors (Lipinski definition) is 3. The van der Waals surface area contributed by atoms with Gasteiger partial charge in [0.25, 0.3) is 0 Å². The van der Waals surface area contributed by atoms with Crippen molar-refractivity contribution in [1.82, 2.24) is 0 Å². The SMILES string of the molecule is CCCl.O=C(O)F.O=C(O)F.O=C(O)F. The molecule has 0 heterocycles. The molecule has 6 nitrogen and oxygen atoms in total. The van der Waals surface area contributed by atoms with Crippen LogP contribution in [-0.2, 0) is 0 Å². The fourth-order valence-corrected chi connectivity index (χ4v) is 0. The van der Waals surface area contributed by atoms with Crippen LogP contribution in [0.3, 0.4) is 0 Å². The van der Waals surface area contributed by atoms with Crippen LogP contribution in [0.2, 0.25) is 0 Å². The van der Waals surface area contributed by atoms with E-state index in [9.17, 15) is 13.2 Å². The fourth-order valence-electron chi connectivity index (χ4n) is 0. The average molecular weight is 257 g/mol. The van der Waals surface area contributed by atoms with E-state index >= 15 is 0 Å². The van der Waals surface area contributed by atoms with Gasteiger partial charge in [0.05, 0.1) is 0 Å². The molecular formula is C5H8ClF3O6. The maximum atomic E-state index is 9.92. The van der Waals surface area contributed by atoms with E-state index in [4.69, 9.17) is 41.3 Å². The van der Waals surface area contributed by atoms with Crippen molar-refractivity contribution in [2.45, 2.75) is 6.92 Å². The lowest BCUT2D eigenvalue weighted by Crippen LogP contribution is -1.69. The molecule has 0 aromatic carbocycles. The second kappa shape index (κ2) is 22.9.